The fourth-order valence-electron chi connectivity index (χ4n) is 4.67. The number of methoxy groups -OCH3 is 1. The molecule has 4 amide bonds. The van der Waals surface area contributed by atoms with Gasteiger partial charge in [-0.2, -0.15) is 0 Å². The van der Waals surface area contributed by atoms with Gasteiger partial charge in [0.2, 0.25) is 11.8 Å². The largest absolute Gasteiger partial charge is 0.497 e. The molecule has 0 bridgehead atoms. The molecule has 2 aliphatic rings. The Balaban J connectivity index is 1.60. The third kappa shape index (κ3) is 5.52. The molecule has 4 rings (SSSR count). The zero-order chi connectivity index (χ0) is 27.6. The lowest BCUT2D eigenvalue weighted by Gasteiger charge is -2.54. The van der Waals surface area contributed by atoms with Crippen molar-refractivity contribution in [3.05, 3.63) is 65.2 Å². The fourth-order valence-corrected chi connectivity index (χ4v) is 4.67. The number of carbonyl (C=O) groups excluding carboxylic acids is 3. The molecular weight excluding hydrogens is 504 g/mol. The Hall–Kier alpha value is -4.26. The molecule has 0 radical (unpaired) electrons. The highest BCUT2D eigenvalue weighted by Gasteiger charge is 2.51. The second kappa shape index (κ2) is 11.0. The van der Waals surface area contributed by atoms with Crippen LogP contribution in [0.2, 0.25) is 0 Å². The lowest BCUT2D eigenvalue weighted by molar-refractivity contribution is -0.189. The summed E-state index contributed by atoms with van der Waals surface area (Å²) in [4.78, 5) is 53.5. The van der Waals surface area contributed by atoms with Gasteiger partial charge in [0.05, 0.1) is 26.6 Å². The summed E-state index contributed by atoms with van der Waals surface area (Å²) in [6.07, 6.45) is -1.75. The Morgan fingerprint density at radius 3 is 2.47 bits per heavy atom. The normalized spacial score (nSPS) is 19.8. The number of amides is 4. The van der Waals surface area contributed by atoms with Crippen LogP contribution in [0.15, 0.2) is 42.5 Å². The van der Waals surface area contributed by atoms with E-state index in [-0.39, 0.29) is 31.7 Å². The number of nitrogens with zero attached hydrogens (tertiary/aromatic N) is 4. The van der Waals surface area contributed by atoms with E-state index in [1.54, 1.807) is 24.3 Å². The van der Waals surface area contributed by atoms with E-state index < -0.39 is 54.1 Å². The molecule has 2 N–H and O–H groups in total. The number of carboxylic acid groups (broad SMARTS) is 1. The third-order valence-corrected chi connectivity index (χ3v) is 6.49. The number of carboxylic acids is 1. The molecule has 0 aliphatic carbocycles. The SMILES string of the molecule is COc1ccc(CNC(=O)N2[C@H]3CN(Cc4ccc(F)cc4F)C(=O)[C@H](CC(=O)O)N3C(=O)CN2C)cc1. The first-order valence-electron chi connectivity index (χ1n) is 11.8. The van der Waals surface area contributed by atoms with Crippen LogP contribution in [0, 0.1) is 11.6 Å². The van der Waals surface area contributed by atoms with Crippen molar-refractivity contribution in [3.63, 3.8) is 0 Å². The number of ether oxygens (including phenoxy) is 1. The number of piperazine rings is 1. The van der Waals surface area contributed by atoms with Gasteiger partial charge >= 0.3 is 12.0 Å². The molecule has 13 heteroatoms. The van der Waals surface area contributed by atoms with Crippen molar-refractivity contribution in [1.29, 1.82) is 0 Å². The number of halogens is 2. The van der Waals surface area contributed by atoms with Crippen molar-refractivity contribution in [2.45, 2.75) is 31.7 Å². The molecule has 2 aromatic carbocycles. The van der Waals surface area contributed by atoms with Gasteiger partial charge < -0.3 is 25.0 Å². The average Bonchev–Trinajstić information content (AvgIpc) is 2.86. The van der Waals surface area contributed by atoms with Gasteiger partial charge in [0, 0.05) is 31.8 Å². The highest BCUT2D eigenvalue weighted by atomic mass is 19.1. The first kappa shape index (κ1) is 26.8. The Morgan fingerprint density at radius 1 is 1.13 bits per heavy atom. The van der Waals surface area contributed by atoms with E-state index in [4.69, 9.17) is 4.74 Å². The number of urea groups is 1. The lowest BCUT2D eigenvalue weighted by atomic mass is 10.0. The Bertz CT molecular complexity index is 1240. The van der Waals surface area contributed by atoms with Crippen molar-refractivity contribution < 1.29 is 37.8 Å². The monoisotopic (exact) mass is 531 g/mol. The molecule has 202 valence electrons. The Kier molecular flexibility index (Phi) is 7.76. The Labute approximate surface area is 217 Å². The number of carbonyl (C=O) groups is 4. The van der Waals surface area contributed by atoms with Gasteiger partial charge in [0.1, 0.15) is 29.6 Å². The molecule has 2 heterocycles. The highest BCUT2D eigenvalue weighted by molar-refractivity contribution is 5.93. The number of hydrazine groups is 1. The van der Waals surface area contributed by atoms with Crippen LogP contribution in [0.3, 0.4) is 0 Å². The second-order valence-electron chi connectivity index (χ2n) is 9.02. The van der Waals surface area contributed by atoms with Crippen molar-refractivity contribution in [3.8, 4) is 5.75 Å². The van der Waals surface area contributed by atoms with Crippen molar-refractivity contribution in [2.75, 3.05) is 27.2 Å². The number of hydrogen-bond acceptors (Lipinski definition) is 6. The molecule has 2 saturated heterocycles. The van der Waals surface area contributed by atoms with Gasteiger partial charge in [-0.25, -0.2) is 23.6 Å². The summed E-state index contributed by atoms with van der Waals surface area (Å²) in [6, 6.07) is 7.96. The predicted octanol–water partition coefficient (Wildman–Crippen LogP) is 1.39. The number of aliphatic carboxylic acids is 1. The molecule has 0 unspecified atom stereocenters. The lowest BCUT2D eigenvalue weighted by Crippen LogP contribution is -2.76. The number of hydrogen-bond donors (Lipinski definition) is 2. The maximum absolute atomic E-state index is 14.4. The molecular formula is C25H27F2N5O6. The van der Waals surface area contributed by atoms with Crippen LogP contribution in [0.1, 0.15) is 17.5 Å². The van der Waals surface area contributed by atoms with E-state index in [2.05, 4.69) is 5.32 Å². The van der Waals surface area contributed by atoms with Crippen LogP contribution in [0.5, 0.6) is 5.75 Å². The minimum atomic E-state index is -1.41. The topological polar surface area (TPSA) is 123 Å². The van der Waals surface area contributed by atoms with E-state index in [0.717, 1.165) is 16.5 Å². The number of fused-ring (bicyclic) bond motifs is 1. The predicted molar refractivity (Wildman–Crippen MR) is 128 cm³/mol. The average molecular weight is 532 g/mol. The molecule has 0 spiro atoms. The molecule has 2 aromatic rings. The zero-order valence-electron chi connectivity index (χ0n) is 20.8. The van der Waals surface area contributed by atoms with Crippen LogP contribution in [0.25, 0.3) is 0 Å². The van der Waals surface area contributed by atoms with Crippen LogP contribution in [-0.2, 0) is 27.5 Å². The van der Waals surface area contributed by atoms with E-state index in [0.29, 0.717) is 11.8 Å². The van der Waals surface area contributed by atoms with Gasteiger partial charge in [0.15, 0.2) is 0 Å². The van der Waals surface area contributed by atoms with Gasteiger partial charge in [0.25, 0.3) is 0 Å². The van der Waals surface area contributed by atoms with Crippen molar-refractivity contribution >= 4 is 23.8 Å². The van der Waals surface area contributed by atoms with Crippen LogP contribution >= 0.6 is 0 Å². The van der Waals surface area contributed by atoms with Gasteiger partial charge in [-0.15, -0.1) is 0 Å². The van der Waals surface area contributed by atoms with Gasteiger partial charge in [-0.1, -0.05) is 18.2 Å². The van der Waals surface area contributed by atoms with Gasteiger partial charge in [-0.3, -0.25) is 14.4 Å². The smallest absolute Gasteiger partial charge is 0.334 e. The second-order valence-corrected chi connectivity index (χ2v) is 9.02. The third-order valence-electron chi connectivity index (χ3n) is 6.49. The fraction of sp³-hybridized carbons (Fsp3) is 0.360. The minimum Gasteiger partial charge on any atom is -0.497 e. The highest BCUT2D eigenvalue weighted by Crippen LogP contribution is 2.28. The molecule has 2 fully saturated rings. The number of rotatable bonds is 7. The quantitative estimate of drug-likeness (QED) is 0.554. The first-order valence-corrected chi connectivity index (χ1v) is 11.8. The summed E-state index contributed by atoms with van der Waals surface area (Å²) < 4.78 is 32.9. The first-order chi connectivity index (χ1) is 18.1. The molecule has 38 heavy (non-hydrogen) atoms. The summed E-state index contributed by atoms with van der Waals surface area (Å²) in [6.45, 7) is -0.624. The van der Waals surface area contributed by atoms with Crippen LogP contribution in [-0.4, -0.2) is 88.2 Å². The minimum absolute atomic E-state index is 0.00766. The summed E-state index contributed by atoms with van der Waals surface area (Å²) in [5.74, 6) is -3.56. The molecule has 2 atom stereocenters. The standard InChI is InChI=1S/C25H27F2N5O6/c1-29-14-22(33)31-20(10-23(34)35)24(36)30(12-16-5-6-17(26)9-19(16)27)13-21(31)32(29)25(37)28-11-15-3-7-18(38-2)8-4-15/h3-9,20-21H,10-14H2,1-2H3,(H,28,37)(H,34,35)/t20-,21-/m0/s1. The summed E-state index contributed by atoms with van der Waals surface area (Å²) in [7, 11) is 3.06. The molecule has 2 aliphatic heterocycles. The van der Waals surface area contributed by atoms with E-state index in [1.165, 1.54) is 35.1 Å². The summed E-state index contributed by atoms with van der Waals surface area (Å²) in [5.41, 5.74) is 0.788. The number of likely N-dealkylation sites (N-methyl/N-ethyl adjacent to an activating group) is 1. The molecule has 11 nitrogen and oxygen atoms in total. The van der Waals surface area contributed by atoms with E-state index in [1.807, 2.05) is 0 Å². The zero-order valence-corrected chi connectivity index (χ0v) is 20.8. The number of nitrogens with one attached hydrogen (secondary N) is 1. The maximum atomic E-state index is 14.4. The summed E-state index contributed by atoms with van der Waals surface area (Å²) in [5, 5.41) is 14.9. The molecule has 0 saturated carbocycles. The maximum Gasteiger partial charge on any atom is 0.334 e. The summed E-state index contributed by atoms with van der Waals surface area (Å²) >= 11 is 0. The van der Waals surface area contributed by atoms with Crippen LogP contribution < -0.4 is 10.1 Å². The van der Waals surface area contributed by atoms with Crippen LogP contribution in [0.4, 0.5) is 13.6 Å². The number of benzene rings is 2. The Morgan fingerprint density at radius 2 is 1.84 bits per heavy atom. The van der Waals surface area contributed by atoms with Crippen molar-refractivity contribution in [1.82, 2.24) is 25.1 Å². The van der Waals surface area contributed by atoms with Gasteiger partial charge in [-0.05, 0) is 23.8 Å². The van der Waals surface area contributed by atoms with E-state index >= 15 is 0 Å². The van der Waals surface area contributed by atoms with Crippen molar-refractivity contribution in [2.24, 2.45) is 0 Å². The molecule has 0 aromatic heterocycles. The van der Waals surface area contributed by atoms with E-state index in [9.17, 15) is 33.1 Å².